The monoisotopic (exact) mass is 308 g/mol. The molecule has 0 radical (unpaired) electrons. The minimum absolute atomic E-state index is 0.553. The SMILES string of the molecule is OC1c2ccccc2-c2c1cc1ccccc1c2-c1ccccc1. The average molecular weight is 308 g/mol. The number of aliphatic hydroxyl groups excluding tert-OH is 1. The van der Waals surface area contributed by atoms with E-state index in [1.165, 1.54) is 27.5 Å². The van der Waals surface area contributed by atoms with E-state index in [4.69, 9.17) is 0 Å². The van der Waals surface area contributed by atoms with Crippen LogP contribution in [0.4, 0.5) is 0 Å². The average Bonchev–Trinajstić information content (AvgIpc) is 2.93. The molecule has 4 aromatic carbocycles. The van der Waals surface area contributed by atoms with E-state index in [0.717, 1.165) is 16.7 Å². The Bertz CT molecular complexity index is 1060. The van der Waals surface area contributed by atoms with Gasteiger partial charge in [-0.05, 0) is 50.2 Å². The lowest BCUT2D eigenvalue weighted by molar-refractivity contribution is 0.225. The molecule has 0 saturated carbocycles. The highest BCUT2D eigenvalue weighted by Crippen LogP contribution is 2.50. The summed E-state index contributed by atoms with van der Waals surface area (Å²) in [5.41, 5.74) is 6.73. The predicted octanol–water partition coefficient (Wildman–Crippen LogP) is 5.57. The Morgan fingerprint density at radius 3 is 2.21 bits per heavy atom. The van der Waals surface area contributed by atoms with Gasteiger partial charge < -0.3 is 5.11 Å². The molecule has 1 aliphatic carbocycles. The summed E-state index contributed by atoms with van der Waals surface area (Å²) in [6, 6.07) is 29.2. The summed E-state index contributed by atoms with van der Waals surface area (Å²) in [4.78, 5) is 0. The maximum atomic E-state index is 10.9. The zero-order valence-electron chi connectivity index (χ0n) is 13.1. The number of benzene rings is 4. The molecule has 1 atom stereocenters. The van der Waals surface area contributed by atoms with Crippen molar-refractivity contribution in [2.75, 3.05) is 0 Å². The first-order valence-corrected chi connectivity index (χ1v) is 8.23. The largest absolute Gasteiger partial charge is 0.384 e. The molecule has 1 unspecified atom stereocenters. The molecule has 0 aromatic heterocycles. The second-order valence-corrected chi connectivity index (χ2v) is 6.29. The summed E-state index contributed by atoms with van der Waals surface area (Å²) in [5.74, 6) is 0. The minimum Gasteiger partial charge on any atom is -0.384 e. The fraction of sp³-hybridized carbons (Fsp3) is 0.0435. The third kappa shape index (κ3) is 1.79. The Morgan fingerprint density at radius 2 is 1.33 bits per heavy atom. The lowest BCUT2D eigenvalue weighted by Crippen LogP contribution is -1.94. The Morgan fingerprint density at radius 1 is 0.625 bits per heavy atom. The zero-order valence-corrected chi connectivity index (χ0v) is 13.1. The quantitative estimate of drug-likeness (QED) is 0.487. The van der Waals surface area contributed by atoms with E-state index in [1.54, 1.807) is 0 Å². The van der Waals surface area contributed by atoms with Gasteiger partial charge in [-0.1, -0.05) is 78.9 Å². The summed E-state index contributed by atoms with van der Waals surface area (Å²) >= 11 is 0. The van der Waals surface area contributed by atoms with Crippen LogP contribution in [0.5, 0.6) is 0 Å². The van der Waals surface area contributed by atoms with Crippen molar-refractivity contribution >= 4 is 10.8 Å². The lowest BCUT2D eigenvalue weighted by Gasteiger charge is -2.15. The molecule has 0 heterocycles. The normalized spacial score (nSPS) is 15.3. The predicted molar refractivity (Wildman–Crippen MR) is 98.9 cm³/mol. The van der Waals surface area contributed by atoms with Crippen molar-refractivity contribution in [3.63, 3.8) is 0 Å². The van der Waals surface area contributed by atoms with Gasteiger partial charge in [0, 0.05) is 0 Å². The third-order valence-electron chi connectivity index (χ3n) is 4.96. The van der Waals surface area contributed by atoms with Crippen molar-refractivity contribution in [3.05, 3.63) is 96.1 Å². The fourth-order valence-corrected chi connectivity index (χ4v) is 3.91. The molecule has 24 heavy (non-hydrogen) atoms. The van der Waals surface area contributed by atoms with Crippen LogP contribution in [0.3, 0.4) is 0 Å². The third-order valence-corrected chi connectivity index (χ3v) is 4.96. The summed E-state index contributed by atoms with van der Waals surface area (Å²) in [7, 11) is 0. The highest BCUT2D eigenvalue weighted by Gasteiger charge is 2.30. The maximum Gasteiger partial charge on any atom is 0.105 e. The van der Waals surface area contributed by atoms with E-state index in [1.807, 2.05) is 24.3 Å². The molecule has 0 aliphatic heterocycles. The maximum absolute atomic E-state index is 10.9. The summed E-state index contributed by atoms with van der Waals surface area (Å²) in [6.07, 6.45) is -0.553. The highest BCUT2D eigenvalue weighted by molar-refractivity contribution is 6.07. The van der Waals surface area contributed by atoms with E-state index >= 15 is 0 Å². The van der Waals surface area contributed by atoms with Crippen LogP contribution in [-0.4, -0.2) is 5.11 Å². The van der Waals surface area contributed by atoms with Crippen molar-refractivity contribution < 1.29 is 5.11 Å². The Balaban J connectivity index is 1.98. The van der Waals surface area contributed by atoms with E-state index in [9.17, 15) is 5.11 Å². The molecule has 114 valence electrons. The molecule has 1 nitrogen and oxygen atoms in total. The standard InChI is InChI=1S/C23H16O/c24-23-19-13-7-6-12-18(19)22-20(23)14-16-10-4-5-11-17(16)21(22)15-8-2-1-3-9-15/h1-14,23-24H. The van der Waals surface area contributed by atoms with Crippen LogP contribution >= 0.6 is 0 Å². The van der Waals surface area contributed by atoms with Crippen LogP contribution in [0, 0.1) is 0 Å². The number of rotatable bonds is 1. The summed E-state index contributed by atoms with van der Waals surface area (Å²) in [5, 5.41) is 13.3. The van der Waals surface area contributed by atoms with Crippen molar-refractivity contribution in [1.29, 1.82) is 0 Å². The smallest absolute Gasteiger partial charge is 0.105 e. The molecule has 0 fully saturated rings. The van der Waals surface area contributed by atoms with Crippen molar-refractivity contribution in [2.45, 2.75) is 6.10 Å². The highest BCUT2D eigenvalue weighted by atomic mass is 16.3. The van der Waals surface area contributed by atoms with E-state index in [2.05, 4.69) is 60.7 Å². The molecule has 1 heteroatoms. The van der Waals surface area contributed by atoms with Crippen molar-refractivity contribution in [3.8, 4) is 22.3 Å². The topological polar surface area (TPSA) is 20.2 Å². The number of hydrogen-bond acceptors (Lipinski definition) is 1. The molecule has 1 aliphatic rings. The first kappa shape index (κ1) is 13.5. The lowest BCUT2D eigenvalue weighted by atomic mass is 9.89. The molecule has 0 bridgehead atoms. The molecule has 0 saturated heterocycles. The van der Waals surface area contributed by atoms with Gasteiger partial charge >= 0.3 is 0 Å². The van der Waals surface area contributed by atoms with Crippen LogP contribution in [0.25, 0.3) is 33.0 Å². The molecular weight excluding hydrogens is 292 g/mol. The van der Waals surface area contributed by atoms with E-state index in [0.29, 0.717) is 0 Å². The van der Waals surface area contributed by atoms with Crippen LogP contribution in [-0.2, 0) is 0 Å². The molecule has 1 N–H and O–H groups in total. The molecule has 0 amide bonds. The van der Waals surface area contributed by atoms with Gasteiger partial charge in [-0.25, -0.2) is 0 Å². The Kier molecular flexibility index (Phi) is 2.85. The van der Waals surface area contributed by atoms with Crippen molar-refractivity contribution in [1.82, 2.24) is 0 Å². The number of aliphatic hydroxyl groups is 1. The number of fused-ring (bicyclic) bond motifs is 4. The fourth-order valence-electron chi connectivity index (χ4n) is 3.91. The Labute approximate surface area is 140 Å². The summed E-state index contributed by atoms with van der Waals surface area (Å²) < 4.78 is 0. The van der Waals surface area contributed by atoms with Gasteiger partial charge in [0.25, 0.3) is 0 Å². The van der Waals surface area contributed by atoms with Gasteiger partial charge in [-0.3, -0.25) is 0 Å². The number of hydrogen-bond donors (Lipinski definition) is 1. The first-order valence-electron chi connectivity index (χ1n) is 8.23. The molecule has 5 rings (SSSR count). The van der Waals surface area contributed by atoms with Crippen LogP contribution in [0.1, 0.15) is 17.2 Å². The minimum atomic E-state index is -0.553. The van der Waals surface area contributed by atoms with Gasteiger partial charge in [0.1, 0.15) is 6.10 Å². The Hall–Kier alpha value is -2.90. The van der Waals surface area contributed by atoms with Crippen LogP contribution in [0.15, 0.2) is 84.9 Å². The van der Waals surface area contributed by atoms with Gasteiger partial charge in [0.2, 0.25) is 0 Å². The van der Waals surface area contributed by atoms with Gasteiger partial charge in [0.15, 0.2) is 0 Å². The van der Waals surface area contributed by atoms with Crippen LogP contribution < -0.4 is 0 Å². The van der Waals surface area contributed by atoms with E-state index in [-0.39, 0.29) is 0 Å². The van der Waals surface area contributed by atoms with Gasteiger partial charge in [0.05, 0.1) is 0 Å². The van der Waals surface area contributed by atoms with E-state index < -0.39 is 6.10 Å². The van der Waals surface area contributed by atoms with Crippen LogP contribution in [0.2, 0.25) is 0 Å². The zero-order chi connectivity index (χ0) is 16.1. The second kappa shape index (κ2) is 5.05. The van der Waals surface area contributed by atoms with Gasteiger partial charge in [-0.15, -0.1) is 0 Å². The molecule has 4 aromatic rings. The molecule has 0 spiro atoms. The van der Waals surface area contributed by atoms with Gasteiger partial charge in [-0.2, -0.15) is 0 Å². The molecular formula is C23H16O. The van der Waals surface area contributed by atoms with Crippen molar-refractivity contribution in [2.24, 2.45) is 0 Å². The first-order chi connectivity index (χ1) is 11.8. The summed E-state index contributed by atoms with van der Waals surface area (Å²) in [6.45, 7) is 0. The second-order valence-electron chi connectivity index (χ2n) is 6.29.